The molecule has 164 valence electrons. The first-order valence-corrected chi connectivity index (χ1v) is 11.9. The monoisotopic (exact) mass is 435 g/mol. The highest BCUT2D eigenvalue weighted by Gasteiger charge is 2.22. The van der Waals surface area contributed by atoms with E-state index in [9.17, 15) is 0 Å². The van der Waals surface area contributed by atoms with Crippen molar-refractivity contribution in [1.29, 1.82) is 0 Å². The lowest BCUT2D eigenvalue weighted by Crippen LogP contribution is -2.10. The smallest absolute Gasteiger partial charge is 0.189 e. The van der Waals surface area contributed by atoms with E-state index < -0.39 is 0 Å². The number of ether oxygens (including phenoxy) is 2. The molecule has 0 aliphatic carbocycles. The van der Waals surface area contributed by atoms with Crippen molar-refractivity contribution < 1.29 is 9.47 Å². The van der Waals surface area contributed by atoms with Gasteiger partial charge in [0.15, 0.2) is 12.5 Å². The Morgan fingerprint density at radius 2 is 1.35 bits per heavy atom. The van der Waals surface area contributed by atoms with Gasteiger partial charge in [-0.25, -0.2) is 0 Å². The fourth-order valence-electron chi connectivity index (χ4n) is 3.95. The molecule has 3 nitrogen and oxygen atoms in total. The van der Waals surface area contributed by atoms with Crippen molar-refractivity contribution in [3.8, 4) is 11.4 Å². The van der Waals surface area contributed by atoms with Crippen LogP contribution in [0.2, 0.25) is 0 Å². The van der Waals surface area contributed by atoms with Crippen LogP contribution >= 0.6 is 11.3 Å². The summed E-state index contributed by atoms with van der Waals surface area (Å²) in [4.78, 5) is 0. The van der Waals surface area contributed by atoms with Crippen molar-refractivity contribution in [1.82, 2.24) is 4.57 Å². The molecular weight excluding hydrogens is 402 g/mol. The third-order valence-corrected chi connectivity index (χ3v) is 6.56. The Bertz CT molecular complexity index is 1150. The van der Waals surface area contributed by atoms with Gasteiger partial charge in [-0.05, 0) is 53.1 Å². The number of hydrogen-bond donors (Lipinski definition) is 0. The van der Waals surface area contributed by atoms with E-state index in [1.165, 1.54) is 32.9 Å². The molecule has 0 bridgehead atoms. The van der Waals surface area contributed by atoms with E-state index in [0.717, 1.165) is 11.4 Å². The predicted molar refractivity (Wildman–Crippen MR) is 133 cm³/mol. The van der Waals surface area contributed by atoms with E-state index in [4.69, 9.17) is 9.47 Å². The van der Waals surface area contributed by atoms with Crippen LogP contribution in [0, 0.1) is 0 Å². The summed E-state index contributed by atoms with van der Waals surface area (Å²) in [5.41, 5.74) is 6.35. The van der Waals surface area contributed by atoms with E-state index in [1.807, 2.05) is 6.92 Å². The first-order chi connectivity index (χ1) is 14.6. The molecule has 0 saturated heterocycles. The van der Waals surface area contributed by atoms with Gasteiger partial charge in [0.2, 0.25) is 0 Å². The Balaban J connectivity index is 2.00. The molecule has 0 spiro atoms. The second-order valence-electron chi connectivity index (χ2n) is 10.2. The van der Waals surface area contributed by atoms with Gasteiger partial charge in [-0.2, -0.15) is 0 Å². The highest BCUT2D eigenvalue weighted by molar-refractivity contribution is 7.08. The van der Waals surface area contributed by atoms with Crippen molar-refractivity contribution >= 4 is 33.1 Å². The van der Waals surface area contributed by atoms with Crippen LogP contribution < -0.4 is 4.74 Å². The zero-order valence-electron chi connectivity index (χ0n) is 19.7. The van der Waals surface area contributed by atoms with Crippen LogP contribution in [-0.2, 0) is 15.6 Å². The summed E-state index contributed by atoms with van der Waals surface area (Å²) in [7, 11) is 0. The molecule has 4 rings (SSSR count). The van der Waals surface area contributed by atoms with Gasteiger partial charge in [0.1, 0.15) is 0 Å². The largest absolute Gasteiger partial charge is 0.464 e. The van der Waals surface area contributed by atoms with E-state index in [-0.39, 0.29) is 17.6 Å². The average molecular weight is 436 g/mol. The third kappa shape index (κ3) is 4.11. The van der Waals surface area contributed by atoms with Crippen molar-refractivity contribution in [2.45, 2.75) is 59.3 Å². The Labute approximate surface area is 189 Å². The highest BCUT2D eigenvalue weighted by Crippen LogP contribution is 2.40. The Kier molecular flexibility index (Phi) is 5.65. The van der Waals surface area contributed by atoms with Gasteiger partial charge in [-0.3, -0.25) is 0 Å². The molecule has 0 fully saturated rings. The maximum atomic E-state index is 5.96. The van der Waals surface area contributed by atoms with Gasteiger partial charge in [0.25, 0.3) is 0 Å². The van der Waals surface area contributed by atoms with Crippen molar-refractivity contribution in [3.63, 3.8) is 0 Å². The van der Waals surface area contributed by atoms with E-state index in [2.05, 4.69) is 93.3 Å². The second-order valence-corrected chi connectivity index (χ2v) is 10.9. The molecule has 0 amide bonds. The average Bonchev–Trinajstić information content (AvgIpc) is 3.27. The molecule has 2 heterocycles. The van der Waals surface area contributed by atoms with Crippen LogP contribution in [0.15, 0.2) is 47.2 Å². The quantitative estimate of drug-likeness (QED) is 0.236. The minimum Gasteiger partial charge on any atom is -0.464 e. The first kappa shape index (κ1) is 21.9. The lowest BCUT2D eigenvalue weighted by Gasteiger charge is -2.19. The van der Waals surface area contributed by atoms with E-state index >= 15 is 0 Å². The maximum Gasteiger partial charge on any atom is 0.189 e. The Morgan fingerprint density at radius 1 is 0.806 bits per heavy atom. The number of thiophene rings is 1. The second kappa shape index (κ2) is 7.99. The van der Waals surface area contributed by atoms with Crippen LogP contribution in [-0.4, -0.2) is 18.0 Å². The summed E-state index contributed by atoms with van der Waals surface area (Å²) in [5.74, 6) is 0.858. The standard InChI is InChI=1S/C27H33NO2S/c1-8-29-17-30-25-16-31-15-24(25)28-22-11-9-18(26(2,3)4)13-20(22)21-14-19(27(5,6)7)10-12-23(21)28/h9-16H,8,17H2,1-7H3. The highest BCUT2D eigenvalue weighted by atomic mass is 32.1. The fourth-order valence-corrected chi connectivity index (χ4v) is 4.68. The zero-order valence-corrected chi connectivity index (χ0v) is 20.5. The number of nitrogens with zero attached hydrogens (tertiary/aromatic N) is 1. The lowest BCUT2D eigenvalue weighted by atomic mass is 9.85. The SMILES string of the molecule is CCOCOc1cscc1-n1c2ccc(C(C)(C)C)cc2c2cc(C(C)(C)C)ccc21. The maximum absolute atomic E-state index is 5.96. The van der Waals surface area contributed by atoms with Crippen LogP contribution in [0.5, 0.6) is 5.75 Å². The molecule has 0 aliphatic rings. The molecule has 0 saturated carbocycles. The van der Waals surface area contributed by atoms with Crippen molar-refractivity contribution in [2.75, 3.05) is 13.4 Å². The predicted octanol–water partition coefficient (Wildman–Crippen LogP) is 7.81. The molecule has 4 aromatic rings. The normalized spacial score (nSPS) is 12.7. The van der Waals surface area contributed by atoms with E-state index in [1.54, 1.807) is 11.3 Å². The number of benzene rings is 2. The van der Waals surface area contributed by atoms with Gasteiger partial charge in [-0.1, -0.05) is 53.7 Å². The van der Waals surface area contributed by atoms with Crippen LogP contribution in [0.1, 0.15) is 59.6 Å². The summed E-state index contributed by atoms with van der Waals surface area (Å²) in [6, 6.07) is 13.8. The van der Waals surface area contributed by atoms with Gasteiger partial charge < -0.3 is 14.0 Å². The zero-order chi connectivity index (χ0) is 22.4. The number of fused-ring (bicyclic) bond motifs is 3. The number of hydrogen-bond acceptors (Lipinski definition) is 3. The van der Waals surface area contributed by atoms with Crippen LogP contribution in [0.3, 0.4) is 0 Å². The van der Waals surface area contributed by atoms with Gasteiger partial charge in [-0.15, -0.1) is 11.3 Å². The summed E-state index contributed by atoms with van der Waals surface area (Å²) in [6.07, 6.45) is 0. The minimum atomic E-state index is 0.0956. The summed E-state index contributed by atoms with van der Waals surface area (Å²) in [6.45, 7) is 16.5. The van der Waals surface area contributed by atoms with Gasteiger partial charge in [0.05, 0.1) is 16.7 Å². The molecule has 0 atom stereocenters. The van der Waals surface area contributed by atoms with Crippen LogP contribution in [0.25, 0.3) is 27.5 Å². The fraction of sp³-hybridized carbons (Fsp3) is 0.407. The Morgan fingerprint density at radius 3 is 1.84 bits per heavy atom. The lowest BCUT2D eigenvalue weighted by molar-refractivity contribution is 0.0227. The van der Waals surface area contributed by atoms with E-state index in [0.29, 0.717) is 6.61 Å². The molecule has 2 aromatic carbocycles. The first-order valence-electron chi connectivity index (χ1n) is 11.0. The molecular formula is C27H33NO2S. The summed E-state index contributed by atoms with van der Waals surface area (Å²) < 4.78 is 13.7. The molecule has 31 heavy (non-hydrogen) atoms. The van der Waals surface area contributed by atoms with Crippen molar-refractivity contribution in [2.24, 2.45) is 0 Å². The molecule has 2 aromatic heterocycles. The molecule has 4 heteroatoms. The Hall–Kier alpha value is -2.30. The number of aromatic nitrogens is 1. The minimum absolute atomic E-state index is 0.0956. The number of rotatable bonds is 5. The summed E-state index contributed by atoms with van der Waals surface area (Å²) in [5, 5.41) is 6.79. The topological polar surface area (TPSA) is 23.4 Å². The molecule has 0 aliphatic heterocycles. The molecule has 0 unspecified atom stereocenters. The molecule has 0 radical (unpaired) electrons. The molecule has 0 N–H and O–H groups in total. The summed E-state index contributed by atoms with van der Waals surface area (Å²) >= 11 is 1.65. The van der Waals surface area contributed by atoms with Gasteiger partial charge >= 0.3 is 0 Å². The van der Waals surface area contributed by atoms with Crippen LogP contribution in [0.4, 0.5) is 0 Å². The van der Waals surface area contributed by atoms with Crippen molar-refractivity contribution in [3.05, 3.63) is 58.3 Å². The van der Waals surface area contributed by atoms with Gasteiger partial charge in [0, 0.05) is 28.1 Å². The third-order valence-electron chi connectivity index (χ3n) is 5.85.